The smallest absolute Gasteiger partial charge is 0.131 e. The van der Waals surface area contributed by atoms with Gasteiger partial charge < -0.3 is 5.32 Å². The van der Waals surface area contributed by atoms with E-state index >= 15 is 0 Å². The number of nitrogens with zero attached hydrogens (tertiary/aromatic N) is 1. The van der Waals surface area contributed by atoms with E-state index in [1.807, 2.05) is 36.4 Å². The van der Waals surface area contributed by atoms with Crippen LogP contribution in [-0.4, -0.2) is 4.98 Å². The first-order valence-corrected chi connectivity index (χ1v) is 6.78. The molecule has 0 saturated carbocycles. The minimum absolute atomic E-state index is 0.889. The van der Waals surface area contributed by atoms with Gasteiger partial charge in [0.25, 0.3) is 0 Å². The van der Waals surface area contributed by atoms with Crippen LogP contribution < -0.4 is 5.32 Å². The fraction of sp³-hybridized carbons (Fsp3) is 0. The van der Waals surface area contributed by atoms with Gasteiger partial charge in [0.05, 0.1) is 11.4 Å². The van der Waals surface area contributed by atoms with Crippen molar-refractivity contribution in [1.29, 1.82) is 0 Å². The second-order valence-electron chi connectivity index (χ2n) is 4.00. The van der Waals surface area contributed by atoms with E-state index in [1.165, 1.54) is 3.57 Å². The van der Waals surface area contributed by atoms with E-state index < -0.39 is 0 Å². The standard InChI is InChI=1S/C15H11IN2/c16-12-7-4-5-9-14(12)18-15-10-11-6-2-1-3-8-13(11)17-15/h1-10H,(H,17,18). The number of halogens is 1. The fourth-order valence-electron chi connectivity index (χ4n) is 1.85. The number of nitrogens with one attached hydrogen (secondary N) is 1. The molecule has 0 radical (unpaired) electrons. The van der Waals surface area contributed by atoms with Gasteiger partial charge in [0.15, 0.2) is 0 Å². The zero-order valence-electron chi connectivity index (χ0n) is 9.60. The lowest BCUT2D eigenvalue weighted by Gasteiger charge is -2.04. The Morgan fingerprint density at radius 3 is 2.56 bits per heavy atom. The predicted molar refractivity (Wildman–Crippen MR) is 83.3 cm³/mol. The molecule has 0 aromatic heterocycles. The summed E-state index contributed by atoms with van der Waals surface area (Å²) in [6.45, 7) is 0. The van der Waals surface area contributed by atoms with Crippen LogP contribution in [0.15, 0.2) is 60.7 Å². The molecule has 3 heteroatoms. The summed E-state index contributed by atoms with van der Waals surface area (Å²) in [5.74, 6) is 0.889. The van der Waals surface area contributed by atoms with E-state index in [9.17, 15) is 0 Å². The SMILES string of the molecule is Ic1ccccc1Nc1cc2cccccc-2n1. The second kappa shape index (κ2) is 4.94. The Hall–Kier alpha value is -1.62. The highest BCUT2D eigenvalue weighted by Crippen LogP contribution is 2.27. The molecule has 0 unspecified atom stereocenters. The van der Waals surface area contributed by atoms with Crippen LogP contribution in [0.2, 0.25) is 0 Å². The van der Waals surface area contributed by atoms with E-state index in [-0.39, 0.29) is 0 Å². The third kappa shape index (κ3) is 2.31. The third-order valence-electron chi connectivity index (χ3n) is 2.72. The highest BCUT2D eigenvalue weighted by Gasteiger charge is 2.07. The number of hydrogen-bond acceptors (Lipinski definition) is 2. The Bertz CT molecular complexity index is 621. The Labute approximate surface area is 120 Å². The summed E-state index contributed by atoms with van der Waals surface area (Å²) in [4.78, 5) is 4.57. The summed E-state index contributed by atoms with van der Waals surface area (Å²) in [6, 6.07) is 20.4. The maximum atomic E-state index is 4.57. The first-order chi connectivity index (χ1) is 8.83. The first kappa shape index (κ1) is 11.5. The lowest BCUT2D eigenvalue weighted by Crippen LogP contribution is -1.92. The molecule has 0 amide bonds. The van der Waals surface area contributed by atoms with Crippen LogP contribution in [0.4, 0.5) is 11.5 Å². The molecule has 0 saturated heterocycles. The number of benzene rings is 1. The van der Waals surface area contributed by atoms with Gasteiger partial charge in [-0.1, -0.05) is 36.4 Å². The fourth-order valence-corrected chi connectivity index (χ4v) is 2.37. The first-order valence-electron chi connectivity index (χ1n) is 5.70. The van der Waals surface area contributed by atoms with Gasteiger partial charge in [0.2, 0.25) is 0 Å². The molecule has 1 aliphatic heterocycles. The average Bonchev–Trinajstić information content (AvgIpc) is 2.62. The van der Waals surface area contributed by atoms with Crippen LogP contribution >= 0.6 is 22.6 Å². The molecule has 1 aromatic carbocycles. The van der Waals surface area contributed by atoms with Crippen LogP contribution in [0.1, 0.15) is 0 Å². The van der Waals surface area contributed by atoms with Gasteiger partial charge in [-0.15, -0.1) is 0 Å². The Morgan fingerprint density at radius 1 is 0.889 bits per heavy atom. The molecular weight excluding hydrogens is 335 g/mol. The second-order valence-corrected chi connectivity index (χ2v) is 5.16. The van der Waals surface area contributed by atoms with Crippen LogP contribution in [0, 0.1) is 3.57 Å². The predicted octanol–water partition coefficient (Wildman–Crippen LogP) is 4.53. The maximum absolute atomic E-state index is 4.57. The maximum Gasteiger partial charge on any atom is 0.131 e. The molecule has 2 nitrogen and oxygen atoms in total. The molecule has 0 bridgehead atoms. The number of aromatic nitrogens is 1. The summed E-state index contributed by atoms with van der Waals surface area (Å²) in [5.41, 5.74) is 3.24. The van der Waals surface area contributed by atoms with Crippen LogP contribution in [0.5, 0.6) is 0 Å². The van der Waals surface area contributed by atoms with Crippen molar-refractivity contribution in [3.05, 3.63) is 64.2 Å². The normalized spacial score (nSPS) is 10.5. The van der Waals surface area contributed by atoms with Gasteiger partial charge >= 0.3 is 0 Å². The minimum atomic E-state index is 0.889. The van der Waals surface area contributed by atoms with E-state index in [4.69, 9.17) is 0 Å². The molecule has 0 spiro atoms. The van der Waals surface area contributed by atoms with Crippen molar-refractivity contribution in [1.82, 2.24) is 4.98 Å². The lowest BCUT2D eigenvalue weighted by atomic mass is 10.2. The van der Waals surface area contributed by atoms with Crippen molar-refractivity contribution in [2.45, 2.75) is 0 Å². The minimum Gasteiger partial charge on any atom is -0.339 e. The molecule has 88 valence electrons. The summed E-state index contributed by atoms with van der Waals surface area (Å²) in [7, 11) is 0. The quantitative estimate of drug-likeness (QED) is 0.690. The van der Waals surface area contributed by atoms with E-state index in [0.29, 0.717) is 0 Å². The van der Waals surface area contributed by atoms with Crippen molar-refractivity contribution in [2.24, 2.45) is 0 Å². The molecule has 0 atom stereocenters. The van der Waals surface area contributed by atoms with Gasteiger partial charge in [-0.05, 0) is 46.9 Å². The van der Waals surface area contributed by atoms with Gasteiger partial charge in [-0.3, -0.25) is 0 Å². The number of rotatable bonds is 2. The highest BCUT2D eigenvalue weighted by atomic mass is 127. The van der Waals surface area contributed by atoms with Gasteiger partial charge in [0, 0.05) is 9.13 Å². The number of anilines is 2. The van der Waals surface area contributed by atoms with E-state index in [1.54, 1.807) is 0 Å². The van der Waals surface area contributed by atoms with Gasteiger partial charge in [-0.25, -0.2) is 4.98 Å². The molecular formula is C15H11IN2. The summed E-state index contributed by atoms with van der Waals surface area (Å²) in [5, 5.41) is 3.35. The molecule has 1 N–H and O–H groups in total. The number of hydrogen-bond donors (Lipinski definition) is 1. The van der Waals surface area contributed by atoms with Crippen molar-refractivity contribution in [3.8, 4) is 11.3 Å². The Balaban J connectivity index is 1.97. The Kier molecular flexibility index (Phi) is 3.15. The number of para-hydroxylation sites is 1. The lowest BCUT2D eigenvalue weighted by molar-refractivity contribution is 1.38. The van der Waals surface area contributed by atoms with Crippen LogP contribution in [0.25, 0.3) is 11.3 Å². The summed E-state index contributed by atoms with van der Waals surface area (Å²) >= 11 is 2.32. The highest BCUT2D eigenvalue weighted by molar-refractivity contribution is 14.1. The molecule has 0 fully saturated rings. The van der Waals surface area contributed by atoms with Crippen molar-refractivity contribution < 1.29 is 0 Å². The van der Waals surface area contributed by atoms with E-state index in [2.05, 4.69) is 57.2 Å². The van der Waals surface area contributed by atoms with Gasteiger partial charge in [0.1, 0.15) is 5.82 Å². The van der Waals surface area contributed by atoms with E-state index in [0.717, 1.165) is 22.8 Å². The van der Waals surface area contributed by atoms with Crippen molar-refractivity contribution in [3.63, 3.8) is 0 Å². The van der Waals surface area contributed by atoms with Crippen LogP contribution in [-0.2, 0) is 0 Å². The topological polar surface area (TPSA) is 24.9 Å². The van der Waals surface area contributed by atoms with Crippen molar-refractivity contribution in [2.75, 3.05) is 5.32 Å². The van der Waals surface area contributed by atoms with Gasteiger partial charge in [-0.2, -0.15) is 0 Å². The van der Waals surface area contributed by atoms with Crippen molar-refractivity contribution >= 4 is 34.1 Å². The molecule has 1 heterocycles. The molecule has 1 aliphatic carbocycles. The Morgan fingerprint density at radius 2 is 1.67 bits per heavy atom. The average molecular weight is 346 g/mol. The third-order valence-corrected chi connectivity index (χ3v) is 3.66. The largest absolute Gasteiger partial charge is 0.339 e. The summed E-state index contributed by atoms with van der Waals surface area (Å²) in [6.07, 6.45) is 0. The molecule has 2 aliphatic rings. The molecule has 3 rings (SSSR count). The summed E-state index contributed by atoms with van der Waals surface area (Å²) < 4.78 is 1.19. The zero-order valence-corrected chi connectivity index (χ0v) is 11.8. The number of fused-ring (bicyclic) bond motifs is 1. The molecule has 1 aromatic rings. The van der Waals surface area contributed by atoms with Crippen LogP contribution in [0.3, 0.4) is 0 Å². The zero-order chi connectivity index (χ0) is 12.4. The monoisotopic (exact) mass is 346 g/mol. The molecule has 18 heavy (non-hydrogen) atoms.